The molecule has 8 heteroatoms. The minimum atomic E-state index is -3.87. The number of rotatable bonds is 5. The molecule has 154 valence electrons. The molecule has 0 radical (unpaired) electrons. The van der Waals surface area contributed by atoms with Crippen molar-refractivity contribution >= 4 is 27.3 Å². The number of hydrogen-bond acceptors (Lipinski definition) is 5. The summed E-state index contributed by atoms with van der Waals surface area (Å²) in [4.78, 5) is 11.4. The fraction of sp³-hybridized carbons (Fsp3) is 0.182. The van der Waals surface area contributed by atoms with Crippen molar-refractivity contribution in [3.8, 4) is 0 Å². The Labute approximate surface area is 175 Å². The third-order valence-electron chi connectivity index (χ3n) is 4.86. The minimum Gasteiger partial charge on any atom is -0.463 e. The lowest BCUT2D eigenvalue weighted by Gasteiger charge is -2.23. The van der Waals surface area contributed by atoms with E-state index in [0.29, 0.717) is 23.6 Å². The van der Waals surface area contributed by atoms with Crippen molar-refractivity contribution in [2.24, 2.45) is 5.10 Å². The zero-order chi connectivity index (χ0) is 21.3. The number of aryl methyl sites for hydroxylation is 1. The van der Waals surface area contributed by atoms with E-state index in [9.17, 15) is 13.2 Å². The zero-order valence-electron chi connectivity index (χ0n) is 16.6. The molecule has 2 aromatic carbocycles. The molecule has 1 amide bonds. The molecule has 0 unspecified atom stereocenters. The molecule has 2 heterocycles. The van der Waals surface area contributed by atoms with Crippen LogP contribution in [0.2, 0.25) is 0 Å². The standard InChI is InChI=1S/C22H21N3O4S/c1-15-5-11-19(12-6-15)30(27,28)25-21(14-20(24-25)22-4-3-13-29-22)17-7-9-18(10-8-17)23-16(2)26/h3-13,21H,14H2,1-2H3,(H,23,26)/t21-/m0/s1. The van der Waals surface area contributed by atoms with E-state index in [-0.39, 0.29) is 10.8 Å². The lowest BCUT2D eigenvalue weighted by molar-refractivity contribution is -0.114. The molecule has 7 nitrogen and oxygen atoms in total. The van der Waals surface area contributed by atoms with Crippen molar-refractivity contribution in [1.82, 2.24) is 4.41 Å². The van der Waals surface area contributed by atoms with Crippen molar-refractivity contribution in [3.63, 3.8) is 0 Å². The maximum Gasteiger partial charge on any atom is 0.279 e. The first-order chi connectivity index (χ1) is 14.3. The molecule has 30 heavy (non-hydrogen) atoms. The molecule has 1 aliphatic heterocycles. The Morgan fingerprint density at radius 3 is 2.40 bits per heavy atom. The zero-order valence-corrected chi connectivity index (χ0v) is 17.4. The number of sulfonamides is 1. The minimum absolute atomic E-state index is 0.171. The Kier molecular flexibility index (Phi) is 5.17. The van der Waals surface area contributed by atoms with Gasteiger partial charge in [0.25, 0.3) is 10.0 Å². The largest absolute Gasteiger partial charge is 0.463 e. The summed E-state index contributed by atoms with van der Waals surface area (Å²) >= 11 is 0. The van der Waals surface area contributed by atoms with E-state index in [1.165, 1.54) is 13.2 Å². The van der Waals surface area contributed by atoms with Crippen LogP contribution in [0.1, 0.15) is 36.3 Å². The fourth-order valence-electron chi connectivity index (χ4n) is 3.36. The van der Waals surface area contributed by atoms with Crippen molar-refractivity contribution in [3.05, 3.63) is 83.8 Å². The van der Waals surface area contributed by atoms with Gasteiger partial charge < -0.3 is 9.73 Å². The predicted octanol–water partition coefficient (Wildman–Crippen LogP) is 4.09. The highest BCUT2D eigenvalue weighted by atomic mass is 32.2. The molecule has 4 rings (SSSR count). The average Bonchev–Trinajstić information content (AvgIpc) is 3.39. The first-order valence-electron chi connectivity index (χ1n) is 9.44. The van der Waals surface area contributed by atoms with Crippen LogP contribution >= 0.6 is 0 Å². The summed E-state index contributed by atoms with van der Waals surface area (Å²) in [6.45, 7) is 3.34. The summed E-state index contributed by atoms with van der Waals surface area (Å²) in [6, 6.07) is 16.8. The van der Waals surface area contributed by atoms with Crippen molar-refractivity contribution in [2.75, 3.05) is 5.32 Å². The number of hydrogen-bond donors (Lipinski definition) is 1. The molecule has 3 aromatic rings. The van der Waals surface area contributed by atoms with Gasteiger partial charge >= 0.3 is 0 Å². The van der Waals surface area contributed by atoms with Crippen LogP contribution in [0.25, 0.3) is 0 Å². The number of nitrogens with zero attached hydrogens (tertiary/aromatic N) is 2. The fourth-order valence-corrected chi connectivity index (χ4v) is 4.79. The van der Waals surface area contributed by atoms with Gasteiger partial charge in [0.2, 0.25) is 5.91 Å². The van der Waals surface area contributed by atoms with Crippen molar-refractivity contribution in [2.45, 2.75) is 31.2 Å². The van der Waals surface area contributed by atoms with Crippen LogP contribution in [0.15, 0.2) is 81.3 Å². The molecule has 1 aliphatic rings. The number of hydrazone groups is 1. The van der Waals surface area contributed by atoms with E-state index in [4.69, 9.17) is 4.42 Å². The number of amides is 1. The molecule has 0 spiro atoms. The number of benzene rings is 2. The molecular formula is C22H21N3O4S. The molecular weight excluding hydrogens is 402 g/mol. The summed E-state index contributed by atoms with van der Waals surface area (Å²) in [7, 11) is -3.87. The van der Waals surface area contributed by atoms with Crippen LogP contribution < -0.4 is 5.32 Å². The average molecular weight is 423 g/mol. The van der Waals surface area contributed by atoms with E-state index in [2.05, 4.69) is 10.4 Å². The number of carbonyl (C=O) groups is 1. The Bertz CT molecular complexity index is 1180. The van der Waals surface area contributed by atoms with E-state index in [1.54, 1.807) is 60.7 Å². The Morgan fingerprint density at radius 1 is 1.10 bits per heavy atom. The van der Waals surface area contributed by atoms with Crippen LogP contribution in [-0.4, -0.2) is 24.5 Å². The monoisotopic (exact) mass is 423 g/mol. The van der Waals surface area contributed by atoms with Crippen molar-refractivity contribution in [1.29, 1.82) is 0 Å². The van der Waals surface area contributed by atoms with Gasteiger partial charge in [0.1, 0.15) is 11.5 Å². The van der Waals surface area contributed by atoms with Gasteiger partial charge in [-0.05, 0) is 48.9 Å². The molecule has 0 saturated carbocycles. The van der Waals surface area contributed by atoms with Gasteiger partial charge in [-0.3, -0.25) is 4.79 Å². The summed E-state index contributed by atoms with van der Waals surface area (Å²) in [5.41, 5.74) is 2.95. The maximum absolute atomic E-state index is 13.4. The second kappa shape index (κ2) is 7.79. The first-order valence-corrected chi connectivity index (χ1v) is 10.9. The topological polar surface area (TPSA) is 92.0 Å². The van der Waals surface area contributed by atoms with Crippen molar-refractivity contribution < 1.29 is 17.6 Å². The Morgan fingerprint density at radius 2 is 1.80 bits per heavy atom. The number of furan rings is 1. The summed E-state index contributed by atoms with van der Waals surface area (Å²) in [5.74, 6) is 0.368. The number of carbonyl (C=O) groups excluding carboxylic acids is 1. The number of nitrogens with one attached hydrogen (secondary N) is 1. The highest BCUT2D eigenvalue weighted by Crippen LogP contribution is 2.37. The van der Waals surface area contributed by atoms with Crippen LogP contribution in [0, 0.1) is 6.92 Å². The van der Waals surface area contributed by atoms with Gasteiger partial charge in [0.05, 0.1) is 17.2 Å². The number of anilines is 1. The molecule has 1 aromatic heterocycles. The highest BCUT2D eigenvalue weighted by Gasteiger charge is 2.38. The third kappa shape index (κ3) is 3.86. The Hall–Kier alpha value is -3.39. The Balaban J connectivity index is 1.73. The lowest BCUT2D eigenvalue weighted by Crippen LogP contribution is -2.27. The van der Waals surface area contributed by atoms with Crippen LogP contribution in [0.4, 0.5) is 5.69 Å². The van der Waals surface area contributed by atoms with Crippen LogP contribution in [-0.2, 0) is 14.8 Å². The van der Waals surface area contributed by atoms with E-state index in [0.717, 1.165) is 15.5 Å². The van der Waals surface area contributed by atoms with Gasteiger partial charge in [-0.2, -0.15) is 17.9 Å². The quantitative estimate of drug-likeness (QED) is 0.669. The van der Waals surface area contributed by atoms with Gasteiger partial charge in [-0.1, -0.05) is 29.8 Å². The third-order valence-corrected chi connectivity index (χ3v) is 6.56. The van der Waals surface area contributed by atoms with E-state index >= 15 is 0 Å². The highest BCUT2D eigenvalue weighted by molar-refractivity contribution is 7.89. The second-order valence-corrected chi connectivity index (χ2v) is 8.93. The van der Waals surface area contributed by atoms with Crippen LogP contribution in [0.5, 0.6) is 0 Å². The maximum atomic E-state index is 13.4. The summed E-state index contributed by atoms with van der Waals surface area (Å²) in [5, 5.41) is 7.14. The normalized spacial score (nSPS) is 16.4. The lowest BCUT2D eigenvalue weighted by atomic mass is 10.0. The molecule has 0 saturated heterocycles. The molecule has 0 aliphatic carbocycles. The van der Waals surface area contributed by atoms with Gasteiger partial charge in [-0.15, -0.1) is 0 Å². The summed E-state index contributed by atoms with van der Waals surface area (Å²) in [6.07, 6.45) is 1.91. The van der Waals surface area contributed by atoms with Gasteiger partial charge in [0.15, 0.2) is 0 Å². The first kappa shape index (κ1) is 19.9. The SMILES string of the molecule is CC(=O)Nc1ccc([C@@H]2CC(c3ccco3)=NN2S(=O)(=O)c2ccc(C)cc2)cc1. The van der Waals surface area contributed by atoms with Gasteiger partial charge in [0, 0.05) is 19.0 Å². The van der Waals surface area contributed by atoms with Gasteiger partial charge in [-0.25, -0.2) is 0 Å². The molecule has 1 atom stereocenters. The molecule has 0 bridgehead atoms. The van der Waals surface area contributed by atoms with E-state index in [1.807, 2.05) is 6.92 Å². The predicted molar refractivity (Wildman–Crippen MR) is 114 cm³/mol. The van der Waals surface area contributed by atoms with Crippen LogP contribution in [0.3, 0.4) is 0 Å². The molecule has 0 fully saturated rings. The smallest absolute Gasteiger partial charge is 0.279 e. The second-order valence-electron chi connectivity index (χ2n) is 7.14. The molecule has 1 N–H and O–H groups in total. The van der Waals surface area contributed by atoms with E-state index < -0.39 is 16.1 Å². The summed E-state index contributed by atoms with van der Waals surface area (Å²) < 4.78 is 33.4.